The summed E-state index contributed by atoms with van der Waals surface area (Å²) in [6.07, 6.45) is -2.07. The lowest BCUT2D eigenvalue weighted by molar-refractivity contribution is -0.171. The van der Waals surface area contributed by atoms with Crippen LogP contribution in [0.3, 0.4) is 0 Å². The molecule has 1 heterocycles. The molecule has 1 aromatic carbocycles. The minimum atomic E-state index is -5.12. The smallest absolute Gasteiger partial charge is 0.390 e. The lowest BCUT2D eigenvalue weighted by atomic mass is 9.88. The van der Waals surface area contributed by atoms with Crippen LogP contribution < -0.4 is 10.6 Å². The molecule has 0 radical (unpaired) electrons. The average molecular weight is 468 g/mol. The number of alkyl halides is 3. The predicted octanol–water partition coefficient (Wildman–Crippen LogP) is 2.23. The number of amides is 3. The van der Waals surface area contributed by atoms with Gasteiger partial charge in [-0.2, -0.15) is 13.2 Å². The van der Waals surface area contributed by atoms with Gasteiger partial charge in [-0.15, -0.1) is 0 Å². The van der Waals surface area contributed by atoms with E-state index >= 15 is 0 Å². The van der Waals surface area contributed by atoms with Gasteiger partial charge in [0.05, 0.1) is 18.1 Å². The molecule has 3 rings (SSSR count). The summed E-state index contributed by atoms with van der Waals surface area (Å²) in [5.74, 6) is -3.65. The van der Waals surface area contributed by atoms with Gasteiger partial charge < -0.3 is 20.6 Å². The van der Waals surface area contributed by atoms with Crippen LogP contribution in [0.2, 0.25) is 0 Å². The van der Waals surface area contributed by atoms with Crippen molar-refractivity contribution in [2.45, 2.75) is 76.4 Å². The summed E-state index contributed by atoms with van der Waals surface area (Å²) in [6.45, 7) is 3.36. The summed E-state index contributed by atoms with van der Waals surface area (Å²) in [4.78, 5) is 38.3. The van der Waals surface area contributed by atoms with Crippen LogP contribution in [0.1, 0.15) is 67.4 Å². The summed E-state index contributed by atoms with van der Waals surface area (Å²) >= 11 is 0. The first-order valence-corrected chi connectivity index (χ1v) is 10.7. The molecule has 1 aromatic rings. The molecule has 2 aliphatic rings. The predicted molar refractivity (Wildman–Crippen MR) is 112 cm³/mol. The average Bonchev–Trinajstić information content (AvgIpc) is 3.02. The largest absolute Gasteiger partial charge is 0.471 e. The Labute approximate surface area is 189 Å². The summed E-state index contributed by atoms with van der Waals surface area (Å²) in [5.41, 5.74) is -0.257. The number of hydrogen-bond acceptors (Lipinski definition) is 5. The number of nitrogens with zero attached hydrogens (tertiary/aromatic N) is 1. The summed E-state index contributed by atoms with van der Waals surface area (Å²) in [7, 11) is 0. The van der Waals surface area contributed by atoms with E-state index in [2.05, 4.69) is 5.32 Å². The first-order valence-electron chi connectivity index (χ1n) is 10.7. The topological polar surface area (TPSA) is 123 Å². The Bertz CT molecular complexity index is 971. The number of carbonyl (C=O) groups excluding carboxylic acids is 3. The van der Waals surface area contributed by atoms with Crippen LogP contribution in [0.15, 0.2) is 18.2 Å². The highest BCUT2D eigenvalue weighted by Crippen LogP contribution is 2.32. The number of amidine groups is 1. The second kappa shape index (κ2) is 9.12. The van der Waals surface area contributed by atoms with Gasteiger partial charge in [-0.3, -0.25) is 19.8 Å². The van der Waals surface area contributed by atoms with Gasteiger partial charge in [0.25, 0.3) is 5.91 Å². The van der Waals surface area contributed by atoms with E-state index in [0.717, 1.165) is 12.8 Å². The van der Waals surface area contributed by atoms with E-state index < -0.39 is 23.5 Å². The molecule has 0 saturated heterocycles. The number of benzene rings is 1. The molecule has 180 valence electrons. The van der Waals surface area contributed by atoms with Gasteiger partial charge in [-0.1, -0.05) is 25.0 Å². The fourth-order valence-electron chi connectivity index (χ4n) is 4.31. The van der Waals surface area contributed by atoms with E-state index in [4.69, 9.17) is 5.41 Å². The number of nitrogens with one attached hydrogen (secondary N) is 3. The highest BCUT2D eigenvalue weighted by molar-refractivity contribution is 6.09. The lowest BCUT2D eigenvalue weighted by Crippen LogP contribution is -2.54. The Hall–Kier alpha value is -2.95. The second-order valence-electron chi connectivity index (χ2n) is 9.15. The minimum Gasteiger partial charge on any atom is -0.390 e. The zero-order valence-electron chi connectivity index (χ0n) is 18.4. The third kappa shape index (κ3) is 5.89. The number of rotatable bonds is 5. The Morgan fingerprint density at radius 1 is 1.21 bits per heavy atom. The van der Waals surface area contributed by atoms with Crippen LogP contribution in [-0.2, 0) is 16.1 Å². The molecule has 4 N–H and O–H groups in total. The van der Waals surface area contributed by atoms with Gasteiger partial charge in [0, 0.05) is 23.7 Å². The van der Waals surface area contributed by atoms with Crippen molar-refractivity contribution in [3.63, 3.8) is 0 Å². The van der Waals surface area contributed by atoms with Crippen LogP contribution >= 0.6 is 0 Å². The van der Waals surface area contributed by atoms with Crippen LogP contribution in [0, 0.1) is 5.41 Å². The summed E-state index contributed by atoms with van der Waals surface area (Å²) in [6, 6.07) is 3.70. The number of aliphatic hydroxyl groups is 1. The molecule has 1 saturated carbocycles. The van der Waals surface area contributed by atoms with E-state index in [0.29, 0.717) is 18.4 Å². The maximum atomic E-state index is 13.1. The minimum absolute atomic E-state index is 0.0137. The molecule has 0 aromatic heterocycles. The third-order valence-electron chi connectivity index (χ3n) is 5.80. The molecule has 33 heavy (non-hydrogen) atoms. The normalized spacial score (nSPS) is 20.9. The van der Waals surface area contributed by atoms with Gasteiger partial charge in [-0.25, -0.2) is 0 Å². The fourth-order valence-corrected chi connectivity index (χ4v) is 4.31. The Morgan fingerprint density at radius 3 is 2.52 bits per heavy atom. The maximum Gasteiger partial charge on any atom is 0.471 e. The monoisotopic (exact) mass is 468 g/mol. The molecular formula is C22H27F3N4O4. The molecule has 0 spiro atoms. The van der Waals surface area contributed by atoms with Crippen molar-refractivity contribution in [3.05, 3.63) is 34.9 Å². The van der Waals surface area contributed by atoms with Crippen LogP contribution in [0.5, 0.6) is 0 Å². The van der Waals surface area contributed by atoms with Crippen molar-refractivity contribution in [3.8, 4) is 0 Å². The van der Waals surface area contributed by atoms with Gasteiger partial charge in [0.15, 0.2) is 0 Å². The Kier molecular flexibility index (Phi) is 6.83. The van der Waals surface area contributed by atoms with Crippen molar-refractivity contribution in [2.24, 2.45) is 0 Å². The van der Waals surface area contributed by atoms with Crippen molar-refractivity contribution in [1.29, 1.82) is 5.41 Å². The Balaban J connectivity index is 1.74. The molecule has 3 amide bonds. The molecule has 11 heteroatoms. The van der Waals surface area contributed by atoms with Gasteiger partial charge in [0.1, 0.15) is 5.84 Å². The van der Waals surface area contributed by atoms with E-state index in [1.54, 1.807) is 11.0 Å². The lowest BCUT2D eigenvalue weighted by Gasteiger charge is -2.38. The van der Waals surface area contributed by atoms with Gasteiger partial charge >= 0.3 is 12.1 Å². The van der Waals surface area contributed by atoms with Crippen molar-refractivity contribution >= 4 is 23.6 Å². The molecule has 2 unspecified atom stereocenters. The molecule has 1 fully saturated rings. The van der Waals surface area contributed by atoms with Crippen LogP contribution in [-0.4, -0.2) is 57.4 Å². The highest BCUT2D eigenvalue weighted by Gasteiger charge is 2.41. The standard InChI is InChI=1S/C22H27F3N4O4/c1-21(2,33)10-17(30)27-15-5-3-4-6-16(15)29-11-13-8-7-12(9-14(13)19(29)31)18(26)28-20(32)22(23,24)25/h7-9,15-16,33H,3-6,10-11H2,1-2H3,(H,27,30)(H2,26,28,32). The van der Waals surface area contributed by atoms with Crippen molar-refractivity contribution in [2.75, 3.05) is 0 Å². The summed E-state index contributed by atoms with van der Waals surface area (Å²) in [5, 5.41) is 22.1. The second-order valence-corrected chi connectivity index (χ2v) is 9.15. The molecule has 1 aliphatic carbocycles. The zero-order chi connectivity index (χ0) is 24.6. The van der Waals surface area contributed by atoms with Crippen LogP contribution in [0.25, 0.3) is 0 Å². The fraction of sp³-hybridized carbons (Fsp3) is 0.545. The van der Waals surface area contributed by atoms with Gasteiger partial charge in [-0.05, 0) is 38.3 Å². The zero-order valence-corrected chi connectivity index (χ0v) is 18.4. The van der Waals surface area contributed by atoms with E-state index in [1.165, 1.54) is 31.3 Å². The number of fused-ring (bicyclic) bond motifs is 1. The number of halogens is 3. The third-order valence-corrected chi connectivity index (χ3v) is 5.80. The van der Waals surface area contributed by atoms with Crippen molar-refractivity contribution in [1.82, 2.24) is 15.5 Å². The van der Waals surface area contributed by atoms with E-state index in [9.17, 15) is 32.7 Å². The number of hydrogen-bond donors (Lipinski definition) is 4. The van der Waals surface area contributed by atoms with Crippen molar-refractivity contribution < 1.29 is 32.7 Å². The Morgan fingerprint density at radius 2 is 1.88 bits per heavy atom. The summed E-state index contributed by atoms with van der Waals surface area (Å²) < 4.78 is 37.4. The molecule has 1 aliphatic heterocycles. The molecular weight excluding hydrogens is 441 g/mol. The highest BCUT2D eigenvalue weighted by atomic mass is 19.4. The SMILES string of the molecule is CC(C)(O)CC(=O)NC1CCCCC1N1Cc2ccc(C(=N)NC(=O)C(F)(F)F)cc2C1=O. The molecule has 8 nitrogen and oxygen atoms in total. The molecule has 2 atom stereocenters. The van der Waals surface area contributed by atoms with E-state index in [-0.39, 0.29) is 48.0 Å². The van der Waals surface area contributed by atoms with Crippen LogP contribution in [0.4, 0.5) is 13.2 Å². The first-order chi connectivity index (χ1) is 15.3. The number of carbonyl (C=O) groups is 3. The van der Waals surface area contributed by atoms with Gasteiger partial charge in [0.2, 0.25) is 5.91 Å². The molecule has 0 bridgehead atoms. The maximum absolute atomic E-state index is 13.1. The van der Waals surface area contributed by atoms with E-state index in [1.807, 2.05) is 0 Å². The quantitative estimate of drug-likeness (QED) is 0.391. The first kappa shape index (κ1) is 24.7.